The lowest BCUT2D eigenvalue weighted by Gasteiger charge is -2.19. The third kappa shape index (κ3) is 4.42. The third-order valence-electron chi connectivity index (χ3n) is 2.94. The molecule has 1 N–H and O–H groups in total. The van der Waals surface area contributed by atoms with Crippen LogP contribution in [0.25, 0.3) is 0 Å². The highest BCUT2D eigenvalue weighted by atomic mass is 16.6. The average Bonchev–Trinajstić information content (AvgIpc) is 2.44. The van der Waals surface area contributed by atoms with E-state index in [9.17, 15) is 20.0 Å². The minimum absolute atomic E-state index is 0.0579. The fourth-order valence-corrected chi connectivity index (χ4v) is 1.84. The van der Waals surface area contributed by atoms with Crippen LogP contribution in [0, 0.1) is 10.1 Å². The molecule has 0 aliphatic carbocycles. The first kappa shape index (κ1) is 16.9. The molecule has 7 heteroatoms. The van der Waals surface area contributed by atoms with Gasteiger partial charge in [-0.1, -0.05) is 6.07 Å². The molecule has 0 saturated carbocycles. The summed E-state index contributed by atoms with van der Waals surface area (Å²) >= 11 is 0. The number of amides is 1. The standard InChI is InChI=1S/C14H20N2O5/c1-4-21-12-7-5-6-11(16(19)20)13(12)14(18)15(3)9-8-10(2)17/h5-7,10,17H,4,8-9H2,1-3H3. The van der Waals surface area contributed by atoms with E-state index in [1.165, 1.54) is 30.1 Å². The molecule has 0 fully saturated rings. The molecule has 21 heavy (non-hydrogen) atoms. The van der Waals surface area contributed by atoms with Crippen LogP contribution in [-0.4, -0.2) is 47.1 Å². The van der Waals surface area contributed by atoms with Crippen LogP contribution in [0.4, 0.5) is 5.69 Å². The number of carbonyl (C=O) groups excluding carboxylic acids is 1. The molecule has 0 spiro atoms. The number of hydrogen-bond acceptors (Lipinski definition) is 5. The van der Waals surface area contributed by atoms with Gasteiger partial charge in [-0.3, -0.25) is 14.9 Å². The van der Waals surface area contributed by atoms with Gasteiger partial charge in [0.25, 0.3) is 11.6 Å². The lowest BCUT2D eigenvalue weighted by Crippen LogP contribution is -2.30. The van der Waals surface area contributed by atoms with Gasteiger partial charge in [0.2, 0.25) is 0 Å². The van der Waals surface area contributed by atoms with E-state index in [1.807, 2.05) is 0 Å². The van der Waals surface area contributed by atoms with E-state index < -0.39 is 16.9 Å². The Morgan fingerprint density at radius 2 is 2.19 bits per heavy atom. The Balaban J connectivity index is 3.13. The van der Waals surface area contributed by atoms with Crippen molar-refractivity contribution in [2.24, 2.45) is 0 Å². The zero-order valence-corrected chi connectivity index (χ0v) is 12.4. The Hall–Kier alpha value is -2.15. The van der Waals surface area contributed by atoms with Crippen LogP contribution in [0.3, 0.4) is 0 Å². The molecule has 0 radical (unpaired) electrons. The van der Waals surface area contributed by atoms with Gasteiger partial charge in [-0.05, 0) is 26.3 Å². The molecular formula is C14H20N2O5. The number of aliphatic hydroxyl groups is 1. The number of nitro groups is 1. The number of hydrogen-bond donors (Lipinski definition) is 1. The van der Waals surface area contributed by atoms with Gasteiger partial charge in [-0.2, -0.15) is 0 Å². The van der Waals surface area contributed by atoms with Crippen molar-refractivity contribution in [1.82, 2.24) is 4.90 Å². The van der Waals surface area contributed by atoms with Crippen molar-refractivity contribution in [1.29, 1.82) is 0 Å². The van der Waals surface area contributed by atoms with Crippen molar-refractivity contribution in [2.75, 3.05) is 20.2 Å². The molecule has 7 nitrogen and oxygen atoms in total. The highest BCUT2D eigenvalue weighted by molar-refractivity contribution is 6.00. The molecule has 1 amide bonds. The van der Waals surface area contributed by atoms with Crippen molar-refractivity contribution in [3.8, 4) is 5.75 Å². The van der Waals surface area contributed by atoms with Gasteiger partial charge in [-0.15, -0.1) is 0 Å². The van der Waals surface area contributed by atoms with E-state index in [2.05, 4.69) is 0 Å². The van der Waals surface area contributed by atoms with Gasteiger partial charge in [0.1, 0.15) is 5.75 Å². The molecular weight excluding hydrogens is 276 g/mol. The van der Waals surface area contributed by atoms with Gasteiger partial charge in [-0.25, -0.2) is 0 Å². The maximum atomic E-state index is 12.4. The summed E-state index contributed by atoms with van der Waals surface area (Å²) in [5, 5.41) is 20.4. The predicted octanol–water partition coefficient (Wildman–Crippen LogP) is 1.84. The number of ether oxygens (including phenoxy) is 1. The summed E-state index contributed by atoms with van der Waals surface area (Å²) in [7, 11) is 1.54. The molecule has 0 aromatic heterocycles. The first-order valence-corrected chi connectivity index (χ1v) is 6.72. The number of nitrogens with zero attached hydrogens (tertiary/aromatic N) is 2. The number of benzene rings is 1. The second-order valence-corrected chi connectivity index (χ2v) is 4.70. The van der Waals surface area contributed by atoms with E-state index in [-0.39, 0.29) is 17.0 Å². The Labute approximate surface area is 123 Å². The van der Waals surface area contributed by atoms with Gasteiger partial charge in [0.05, 0.1) is 17.6 Å². The van der Waals surface area contributed by atoms with Crippen LogP contribution >= 0.6 is 0 Å². The summed E-state index contributed by atoms with van der Waals surface area (Å²) in [4.78, 5) is 24.3. The summed E-state index contributed by atoms with van der Waals surface area (Å²) in [5.74, 6) is -0.299. The average molecular weight is 296 g/mol. The van der Waals surface area contributed by atoms with Gasteiger partial charge in [0.15, 0.2) is 5.56 Å². The molecule has 116 valence electrons. The van der Waals surface area contributed by atoms with Crippen molar-refractivity contribution in [3.05, 3.63) is 33.9 Å². The first-order chi connectivity index (χ1) is 9.88. The van der Waals surface area contributed by atoms with Gasteiger partial charge >= 0.3 is 0 Å². The normalized spacial score (nSPS) is 11.8. The maximum absolute atomic E-state index is 12.4. The Kier molecular flexibility index (Phi) is 6.10. The largest absolute Gasteiger partial charge is 0.493 e. The molecule has 1 aromatic carbocycles. The van der Waals surface area contributed by atoms with E-state index in [0.29, 0.717) is 19.6 Å². The fourth-order valence-electron chi connectivity index (χ4n) is 1.84. The van der Waals surface area contributed by atoms with E-state index in [0.717, 1.165) is 0 Å². The van der Waals surface area contributed by atoms with Gasteiger partial charge < -0.3 is 14.7 Å². The Morgan fingerprint density at radius 3 is 2.71 bits per heavy atom. The summed E-state index contributed by atoms with van der Waals surface area (Å²) in [6, 6.07) is 4.29. The second kappa shape index (κ2) is 7.58. The van der Waals surface area contributed by atoms with Crippen LogP contribution in [-0.2, 0) is 0 Å². The zero-order valence-electron chi connectivity index (χ0n) is 12.4. The van der Waals surface area contributed by atoms with Crippen molar-refractivity contribution < 1.29 is 19.6 Å². The second-order valence-electron chi connectivity index (χ2n) is 4.70. The summed E-state index contributed by atoms with van der Waals surface area (Å²) in [5.41, 5.74) is -0.340. The van der Waals surface area contributed by atoms with Crippen molar-refractivity contribution >= 4 is 11.6 Å². The molecule has 0 aliphatic rings. The maximum Gasteiger partial charge on any atom is 0.285 e. The predicted molar refractivity (Wildman–Crippen MR) is 77.5 cm³/mol. The van der Waals surface area contributed by atoms with Crippen LogP contribution in [0.1, 0.15) is 30.6 Å². The molecule has 1 atom stereocenters. The first-order valence-electron chi connectivity index (χ1n) is 6.72. The quantitative estimate of drug-likeness (QED) is 0.612. The van der Waals surface area contributed by atoms with E-state index >= 15 is 0 Å². The SMILES string of the molecule is CCOc1cccc([N+](=O)[O-])c1C(=O)N(C)CCC(C)O. The minimum Gasteiger partial charge on any atom is -0.493 e. The van der Waals surface area contributed by atoms with Crippen LogP contribution in [0.5, 0.6) is 5.75 Å². The molecule has 0 bridgehead atoms. The van der Waals surface area contributed by atoms with Crippen LogP contribution < -0.4 is 4.74 Å². The zero-order chi connectivity index (χ0) is 16.0. The number of rotatable bonds is 7. The number of aliphatic hydroxyl groups excluding tert-OH is 1. The number of carbonyl (C=O) groups is 1. The molecule has 1 aromatic rings. The van der Waals surface area contributed by atoms with E-state index in [1.54, 1.807) is 13.8 Å². The highest BCUT2D eigenvalue weighted by Gasteiger charge is 2.27. The summed E-state index contributed by atoms with van der Waals surface area (Å²) in [6.45, 7) is 3.96. The molecule has 0 heterocycles. The monoisotopic (exact) mass is 296 g/mol. The van der Waals surface area contributed by atoms with E-state index in [4.69, 9.17) is 4.74 Å². The van der Waals surface area contributed by atoms with Gasteiger partial charge in [0, 0.05) is 19.7 Å². The fraction of sp³-hybridized carbons (Fsp3) is 0.500. The Bertz CT molecular complexity index is 516. The van der Waals surface area contributed by atoms with Crippen molar-refractivity contribution in [3.63, 3.8) is 0 Å². The third-order valence-corrected chi connectivity index (χ3v) is 2.94. The lowest BCUT2D eigenvalue weighted by atomic mass is 10.1. The smallest absolute Gasteiger partial charge is 0.285 e. The van der Waals surface area contributed by atoms with Crippen LogP contribution in [0.2, 0.25) is 0 Å². The Morgan fingerprint density at radius 1 is 1.52 bits per heavy atom. The molecule has 1 unspecified atom stereocenters. The molecule has 1 rings (SSSR count). The van der Waals surface area contributed by atoms with Crippen LogP contribution in [0.15, 0.2) is 18.2 Å². The highest BCUT2D eigenvalue weighted by Crippen LogP contribution is 2.29. The number of nitro benzene ring substituents is 1. The lowest BCUT2D eigenvalue weighted by molar-refractivity contribution is -0.385. The topological polar surface area (TPSA) is 92.9 Å². The summed E-state index contributed by atoms with van der Waals surface area (Å²) < 4.78 is 5.32. The summed E-state index contributed by atoms with van der Waals surface area (Å²) in [6.07, 6.45) is -0.148. The molecule has 0 saturated heterocycles. The van der Waals surface area contributed by atoms with Crippen molar-refractivity contribution in [2.45, 2.75) is 26.4 Å². The molecule has 0 aliphatic heterocycles. The minimum atomic E-state index is -0.599.